The quantitative estimate of drug-likeness (QED) is 0.724. The average Bonchev–Trinajstić information content (AvgIpc) is 2.25. The molecule has 1 nitrogen and oxygen atoms in total. The van der Waals surface area contributed by atoms with Crippen LogP contribution < -0.4 is 4.90 Å². The van der Waals surface area contributed by atoms with Crippen molar-refractivity contribution in [2.45, 2.75) is 25.1 Å². The van der Waals surface area contributed by atoms with Crippen molar-refractivity contribution >= 4 is 21.6 Å². The van der Waals surface area contributed by atoms with E-state index in [2.05, 4.69) is 59.1 Å². The van der Waals surface area contributed by atoms with Gasteiger partial charge in [0.05, 0.1) is 0 Å². The molecule has 0 aliphatic heterocycles. The van der Waals surface area contributed by atoms with E-state index in [-0.39, 0.29) is 0 Å². The van der Waals surface area contributed by atoms with Gasteiger partial charge < -0.3 is 4.90 Å². The minimum atomic E-state index is 0.930. The third-order valence-electron chi connectivity index (χ3n) is 2.39. The summed E-state index contributed by atoms with van der Waals surface area (Å²) < 4.78 is 0. The van der Waals surface area contributed by atoms with Gasteiger partial charge in [0, 0.05) is 24.6 Å². The number of alkyl halides is 1. The second-order valence-corrected chi connectivity index (χ2v) is 4.10. The molecule has 0 fully saturated rings. The number of rotatable bonds is 5. The number of halogens is 1. The third kappa shape index (κ3) is 3.02. The van der Waals surface area contributed by atoms with Crippen LogP contribution in [-0.2, 0) is 5.33 Å². The fraction of sp³-hybridized carbons (Fsp3) is 0.500. The first-order valence-electron chi connectivity index (χ1n) is 5.14. The molecule has 0 atom stereocenters. The normalized spacial score (nSPS) is 10.2. The monoisotopic (exact) mass is 255 g/mol. The van der Waals surface area contributed by atoms with Gasteiger partial charge in [-0.2, -0.15) is 0 Å². The standard InChI is InChI=1S/C12H18BrN/c1-3-4-9-14(2)12-8-6-5-7-11(12)10-13/h5-8H,3-4,9-10H2,1-2H3. The number of benzene rings is 1. The molecule has 0 radical (unpaired) electrons. The van der Waals surface area contributed by atoms with Crippen molar-refractivity contribution < 1.29 is 0 Å². The molecule has 0 saturated carbocycles. The number of anilines is 1. The fourth-order valence-corrected chi connectivity index (χ4v) is 1.99. The fourth-order valence-electron chi connectivity index (χ4n) is 1.51. The van der Waals surface area contributed by atoms with E-state index in [1.165, 1.54) is 24.1 Å². The Hall–Kier alpha value is -0.500. The van der Waals surface area contributed by atoms with Crippen LogP contribution in [0.15, 0.2) is 24.3 Å². The highest BCUT2D eigenvalue weighted by Gasteiger charge is 2.04. The molecule has 2 heteroatoms. The summed E-state index contributed by atoms with van der Waals surface area (Å²) >= 11 is 3.52. The van der Waals surface area contributed by atoms with E-state index in [1.807, 2.05) is 0 Å². The molecule has 0 heterocycles. The van der Waals surface area contributed by atoms with Crippen molar-refractivity contribution in [2.75, 3.05) is 18.5 Å². The van der Waals surface area contributed by atoms with E-state index in [9.17, 15) is 0 Å². The zero-order valence-corrected chi connectivity index (χ0v) is 10.5. The second-order valence-electron chi connectivity index (χ2n) is 3.54. The summed E-state index contributed by atoms with van der Waals surface area (Å²) in [6, 6.07) is 8.55. The van der Waals surface area contributed by atoms with Gasteiger partial charge in [0.15, 0.2) is 0 Å². The van der Waals surface area contributed by atoms with Crippen LogP contribution in [0.25, 0.3) is 0 Å². The van der Waals surface area contributed by atoms with Gasteiger partial charge in [0.1, 0.15) is 0 Å². The largest absolute Gasteiger partial charge is 0.374 e. The highest BCUT2D eigenvalue weighted by molar-refractivity contribution is 9.08. The second kappa shape index (κ2) is 6.07. The number of para-hydroxylation sites is 1. The molecule has 0 aliphatic carbocycles. The lowest BCUT2D eigenvalue weighted by Crippen LogP contribution is -2.19. The Balaban J connectivity index is 2.72. The highest BCUT2D eigenvalue weighted by atomic mass is 79.9. The lowest BCUT2D eigenvalue weighted by Gasteiger charge is -2.21. The first-order valence-corrected chi connectivity index (χ1v) is 6.26. The third-order valence-corrected chi connectivity index (χ3v) is 3.00. The Morgan fingerprint density at radius 3 is 2.64 bits per heavy atom. The highest BCUT2D eigenvalue weighted by Crippen LogP contribution is 2.21. The molecule has 0 amide bonds. The van der Waals surface area contributed by atoms with Gasteiger partial charge >= 0.3 is 0 Å². The minimum Gasteiger partial charge on any atom is -0.374 e. The van der Waals surface area contributed by atoms with Crippen LogP contribution in [-0.4, -0.2) is 13.6 Å². The predicted molar refractivity (Wildman–Crippen MR) is 67.3 cm³/mol. The minimum absolute atomic E-state index is 0.930. The summed E-state index contributed by atoms with van der Waals surface area (Å²) in [6.45, 7) is 3.37. The molecule has 1 rings (SSSR count). The molecular formula is C12H18BrN. The van der Waals surface area contributed by atoms with Crippen LogP contribution in [0.4, 0.5) is 5.69 Å². The number of hydrogen-bond donors (Lipinski definition) is 0. The van der Waals surface area contributed by atoms with E-state index in [4.69, 9.17) is 0 Å². The Bertz CT molecular complexity index is 273. The van der Waals surface area contributed by atoms with Crippen molar-refractivity contribution in [3.63, 3.8) is 0 Å². The number of hydrogen-bond acceptors (Lipinski definition) is 1. The molecule has 0 bridgehead atoms. The van der Waals surface area contributed by atoms with E-state index in [1.54, 1.807) is 0 Å². The van der Waals surface area contributed by atoms with Gasteiger partial charge in [-0.1, -0.05) is 47.5 Å². The summed E-state index contributed by atoms with van der Waals surface area (Å²) in [5.74, 6) is 0. The zero-order valence-electron chi connectivity index (χ0n) is 8.96. The molecule has 1 aromatic carbocycles. The molecule has 0 N–H and O–H groups in total. The van der Waals surface area contributed by atoms with E-state index >= 15 is 0 Å². The van der Waals surface area contributed by atoms with Crippen molar-refractivity contribution in [3.8, 4) is 0 Å². The maximum absolute atomic E-state index is 3.52. The number of nitrogens with zero attached hydrogens (tertiary/aromatic N) is 1. The lowest BCUT2D eigenvalue weighted by molar-refractivity contribution is 0.765. The summed E-state index contributed by atoms with van der Waals surface area (Å²) in [4.78, 5) is 2.33. The van der Waals surface area contributed by atoms with Gasteiger partial charge in [-0.05, 0) is 18.1 Å². The molecule has 0 spiro atoms. The van der Waals surface area contributed by atoms with Gasteiger partial charge in [0.25, 0.3) is 0 Å². The van der Waals surface area contributed by atoms with Gasteiger partial charge in [-0.3, -0.25) is 0 Å². The van der Waals surface area contributed by atoms with Crippen molar-refractivity contribution in [2.24, 2.45) is 0 Å². The molecule has 0 aromatic heterocycles. The van der Waals surface area contributed by atoms with Gasteiger partial charge in [-0.15, -0.1) is 0 Å². The smallest absolute Gasteiger partial charge is 0.0404 e. The van der Waals surface area contributed by atoms with E-state index < -0.39 is 0 Å². The van der Waals surface area contributed by atoms with E-state index in [0.29, 0.717) is 0 Å². The van der Waals surface area contributed by atoms with Crippen LogP contribution in [0.1, 0.15) is 25.3 Å². The van der Waals surface area contributed by atoms with E-state index in [0.717, 1.165) is 11.9 Å². The summed E-state index contributed by atoms with van der Waals surface area (Å²) in [5.41, 5.74) is 2.71. The summed E-state index contributed by atoms with van der Waals surface area (Å²) in [5, 5.41) is 0.930. The molecule has 0 aliphatic rings. The zero-order chi connectivity index (χ0) is 10.4. The van der Waals surface area contributed by atoms with Crippen molar-refractivity contribution in [3.05, 3.63) is 29.8 Å². The maximum Gasteiger partial charge on any atom is 0.0404 e. The topological polar surface area (TPSA) is 3.24 Å². The summed E-state index contributed by atoms with van der Waals surface area (Å²) in [7, 11) is 2.16. The van der Waals surface area contributed by atoms with Gasteiger partial charge in [0.2, 0.25) is 0 Å². The maximum atomic E-state index is 3.52. The predicted octanol–water partition coefficient (Wildman–Crippen LogP) is 3.82. The number of unbranched alkanes of at least 4 members (excludes halogenated alkanes) is 1. The van der Waals surface area contributed by atoms with Crippen LogP contribution in [0, 0.1) is 0 Å². The molecule has 0 unspecified atom stereocenters. The summed E-state index contributed by atoms with van der Waals surface area (Å²) in [6.07, 6.45) is 2.51. The molecule has 0 saturated heterocycles. The Kier molecular flexibility index (Phi) is 5.02. The Morgan fingerprint density at radius 2 is 2.00 bits per heavy atom. The lowest BCUT2D eigenvalue weighted by atomic mass is 10.2. The Labute approximate surface area is 95.2 Å². The van der Waals surface area contributed by atoms with Crippen LogP contribution >= 0.6 is 15.9 Å². The van der Waals surface area contributed by atoms with Crippen molar-refractivity contribution in [1.82, 2.24) is 0 Å². The first-order chi connectivity index (χ1) is 6.79. The average molecular weight is 256 g/mol. The molecule has 1 aromatic rings. The first kappa shape index (κ1) is 11.6. The molecular weight excluding hydrogens is 238 g/mol. The van der Waals surface area contributed by atoms with Crippen molar-refractivity contribution in [1.29, 1.82) is 0 Å². The van der Waals surface area contributed by atoms with Gasteiger partial charge in [-0.25, -0.2) is 0 Å². The SMILES string of the molecule is CCCCN(C)c1ccccc1CBr. The van der Waals surface area contributed by atoms with Crippen LogP contribution in [0.2, 0.25) is 0 Å². The molecule has 14 heavy (non-hydrogen) atoms. The van der Waals surface area contributed by atoms with Crippen LogP contribution in [0.5, 0.6) is 0 Å². The van der Waals surface area contributed by atoms with Crippen LogP contribution in [0.3, 0.4) is 0 Å². The molecule has 78 valence electrons. The Morgan fingerprint density at radius 1 is 1.29 bits per heavy atom.